The van der Waals surface area contributed by atoms with Gasteiger partial charge in [0.15, 0.2) is 22.3 Å². The van der Waals surface area contributed by atoms with E-state index in [4.69, 9.17) is 5.73 Å². The van der Waals surface area contributed by atoms with Gasteiger partial charge in [0.2, 0.25) is 5.78 Å². The Morgan fingerprint density at radius 2 is 1.83 bits per heavy atom. The summed E-state index contributed by atoms with van der Waals surface area (Å²) in [6, 6.07) is 11.9. The zero-order valence-electron chi connectivity index (χ0n) is 22.7. The van der Waals surface area contributed by atoms with Crippen molar-refractivity contribution in [2.24, 2.45) is 17.6 Å². The van der Waals surface area contributed by atoms with Crippen LogP contribution in [-0.4, -0.2) is 73.5 Å². The van der Waals surface area contributed by atoms with E-state index in [-0.39, 0.29) is 35.4 Å². The molecule has 0 radical (unpaired) electrons. The fourth-order valence-corrected chi connectivity index (χ4v) is 7.25. The minimum atomic E-state index is -2.68. The van der Waals surface area contributed by atoms with E-state index in [0.717, 1.165) is 11.3 Å². The highest BCUT2D eigenvalue weighted by Gasteiger charge is 2.63. The first-order valence-corrected chi connectivity index (χ1v) is 14.1. The van der Waals surface area contributed by atoms with E-state index in [1.165, 1.54) is 16.2 Å². The highest BCUT2D eigenvalue weighted by Crippen LogP contribution is 2.52. The molecular weight excluding hydrogens is 560 g/mol. The Bertz CT molecular complexity index is 1730. The third-order valence-corrected chi connectivity index (χ3v) is 9.17. The molecule has 0 spiro atoms. The lowest BCUT2D eigenvalue weighted by molar-refractivity contribution is -0.148. The molecule has 1 amide bonds. The average molecular weight is 589 g/mol. The van der Waals surface area contributed by atoms with E-state index in [1.54, 1.807) is 26.2 Å². The van der Waals surface area contributed by atoms with Gasteiger partial charge in [-0.25, -0.2) is 4.98 Å². The van der Waals surface area contributed by atoms with Crippen molar-refractivity contribution in [3.8, 4) is 17.0 Å². The van der Waals surface area contributed by atoms with Crippen molar-refractivity contribution in [3.63, 3.8) is 0 Å². The van der Waals surface area contributed by atoms with Crippen molar-refractivity contribution in [1.29, 1.82) is 0 Å². The maximum Gasteiger partial charge on any atom is 0.255 e. The van der Waals surface area contributed by atoms with Crippen LogP contribution in [0.1, 0.15) is 22.3 Å². The molecule has 3 aliphatic rings. The quantitative estimate of drug-likeness (QED) is 0.191. The minimum absolute atomic E-state index is 0.0356. The van der Waals surface area contributed by atoms with Crippen LogP contribution in [0.15, 0.2) is 70.5 Å². The molecule has 0 unspecified atom stereocenters. The summed E-state index contributed by atoms with van der Waals surface area (Å²) in [6.07, 6.45) is 0.256. The van der Waals surface area contributed by atoms with Crippen LogP contribution >= 0.6 is 11.3 Å². The summed E-state index contributed by atoms with van der Waals surface area (Å²) in [5.74, 6) is -6.83. The molecule has 3 aromatic rings. The number of amides is 1. The first-order valence-electron chi connectivity index (χ1n) is 13.2. The van der Waals surface area contributed by atoms with Gasteiger partial charge in [-0.3, -0.25) is 19.3 Å². The molecule has 0 bridgehead atoms. The summed E-state index contributed by atoms with van der Waals surface area (Å²) in [4.78, 5) is 45.5. The number of Topliss-reactive ketones (excluding diaryl/α,β-unsaturated/α-hetero) is 2. The fourth-order valence-electron chi connectivity index (χ4n) is 6.51. The van der Waals surface area contributed by atoms with Crippen LogP contribution in [0.4, 0.5) is 10.8 Å². The van der Waals surface area contributed by atoms with Crippen molar-refractivity contribution in [2.75, 3.05) is 19.4 Å². The molecule has 7 N–H and O–H groups in total. The molecule has 0 saturated heterocycles. The standard InChI is InChI=1S/C30H28N4O7S/c1-34(2)22-16-11-15-10-14-8-9-17(32-29-33-18(12-42-29)13-6-4-3-5-7-13)23(35)19(14)24(36)20(15)26(38)30(16,41)27(39)21(25(22)37)28(31)40/h3-9,12,15-16,22,35,37-38,41H,10-11H2,1-2H3,(H2,31,40)(H,32,33)/t15-,16-,22-,30-/m0/s1. The zero-order valence-corrected chi connectivity index (χ0v) is 23.5. The number of ketones is 2. The van der Waals surface area contributed by atoms with E-state index in [0.29, 0.717) is 10.7 Å². The largest absolute Gasteiger partial charge is 0.510 e. The van der Waals surface area contributed by atoms with E-state index >= 15 is 0 Å². The Labute approximate surface area is 244 Å². The average Bonchev–Trinajstić information content (AvgIpc) is 3.41. The summed E-state index contributed by atoms with van der Waals surface area (Å²) in [7, 11) is 3.18. The second kappa shape index (κ2) is 9.79. The van der Waals surface area contributed by atoms with Crippen LogP contribution in [0.5, 0.6) is 5.75 Å². The Balaban J connectivity index is 1.40. The molecule has 6 rings (SSSR count). The van der Waals surface area contributed by atoms with Gasteiger partial charge in [-0.05, 0) is 44.5 Å². The lowest BCUT2D eigenvalue weighted by Crippen LogP contribution is -2.63. The maximum absolute atomic E-state index is 13.9. The van der Waals surface area contributed by atoms with Crippen LogP contribution < -0.4 is 11.1 Å². The number of nitrogens with two attached hydrogens (primary N) is 1. The van der Waals surface area contributed by atoms with Gasteiger partial charge >= 0.3 is 0 Å². The Kier molecular flexibility index (Phi) is 6.44. The van der Waals surface area contributed by atoms with Gasteiger partial charge in [0.25, 0.3) is 5.91 Å². The number of nitrogens with zero attached hydrogens (tertiary/aromatic N) is 2. The van der Waals surface area contributed by atoms with Crippen molar-refractivity contribution < 1.29 is 34.8 Å². The van der Waals surface area contributed by atoms with Gasteiger partial charge < -0.3 is 31.5 Å². The number of phenolic OH excluding ortho intramolecular Hbond substituents is 1. The molecule has 0 fully saturated rings. The number of hydrogen-bond acceptors (Lipinski definition) is 11. The smallest absolute Gasteiger partial charge is 0.255 e. The Morgan fingerprint density at radius 1 is 1.12 bits per heavy atom. The minimum Gasteiger partial charge on any atom is -0.510 e. The molecule has 4 atom stereocenters. The van der Waals surface area contributed by atoms with Crippen molar-refractivity contribution in [2.45, 2.75) is 24.5 Å². The Hall–Kier alpha value is -4.52. The topological polar surface area (TPSA) is 186 Å². The van der Waals surface area contributed by atoms with Gasteiger partial charge in [-0.15, -0.1) is 11.3 Å². The summed E-state index contributed by atoms with van der Waals surface area (Å²) in [5, 5.41) is 50.6. The number of aliphatic hydroxyl groups excluding tert-OH is 2. The second-order valence-corrected chi connectivity index (χ2v) is 11.8. The van der Waals surface area contributed by atoms with Crippen LogP contribution in [0.3, 0.4) is 0 Å². The molecule has 11 nitrogen and oxygen atoms in total. The lowest BCUT2D eigenvalue weighted by Gasteiger charge is -2.50. The molecule has 3 aliphatic carbocycles. The number of carbonyl (C=O) groups excluding carboxylic acids is 3. The third-order valence-electron chi connectivity index (χ3n) is 8.41. The van der Waals surface area contributed by atoms with Gasteiger partial charge in [0.1, 0.15) is 17.1 Å². The van der Waals surface area contributed by atoms with Gasteiger partial charge in [-0.1, -0.05) is 36.4 Å². The van der Waals surface area contributed by atoms with Crippen LogP contribution in [0.25, 0.3) is 11.3 Å². The summed E-state index contributed by atoms with van der Waals surface area (Å²) >= 11 is 1.32. The lowest BCUT2D eigenvalue weighted by atomic mass is 9.58. The number of likely N-dealkylation sites (N-methyl/N-ethyl adjacent to an activating group) is 1. The molecule has 12 heteroatoms. The molecule has 1 heterocycles. The van der Waals surface area contributed by atoms with Gasteiger partial charge in [0.05, 0.1) is 23.0 Å². The maximum atomic E-state index is 13.9. The number of aromatic hydroxyl groups is 1. The van der Waals surface area contributed by atoms with E-state index in [1.807, 2.05) is 35.7 Å². The number of benzene rings is 2. The number of hydrogen-bond donors (Lipinski definition) is 6. The molecule has 0 aliphatic heterocycles. The van der Waals surface area contributed by atoms with E-state index in [2.05, 4.69) is 10.3 Å². The predicted octanol–water partition coefficient (Wildman–Crippen LogP) is 2.99. The molecular formula is C30H28N4O7S. The summed E-state index contributed by atoms with van der Waals surface area (Å²) in [6.45, 7) is 0. The summed E-state index contributed by atoms with van der Waals surface area (Å²) in [5.41, 5.74) is 3.99. The van der Waals surface area contributed by atoms with Crippen molar-refractivity contribution >= 4 is 39.6 Å². The molecule has 1 aromatic heterocycles. The number of thiazole rings is 1. The number of primary amides is 1. The number of nitrogens with one attached hydrogen (secondary N) is 1. The van der Waals surface area contributed by atoms with Gasteiger partial charge in [0, 0.05) is 22.4 Å². The monoisotopic (exact) mass is 588 g/mol. The number of allylic oxidation sites excluding steroid dienone is 1. The summed E-state index contributed by atoms with van der Waals surface area (Å²) < 4.78 is 0. The van der Waals surface area contributed by atoms with E-state index in [9.17, 15) is 34.8 Å². The first kappa shape index (κ1) is 27.6. The molecule has 2 aromatic carbocycles. The number of fused-ring (bicyclic) bond motifs is 3. The van der Waals surface area contributed by atoms with Gasteiger partial charge in [-0.2, -0.15) is 0 Å². The predicted molar refractivity (Wildman–Crippen MR) is 155 cm³/mol. The third kappa shape index (κ3) is 3.94. The van der Waals surface area contributed by atoms with Crippen LogP contribution in [0.2, 0.25) is 0 Å². The van der Waals surface area contributed by atoms with Crippen molar-refractivity contribution in [3.05, 3.63) is 81.6 Å². The molecule has 216 valence electrons. The number of anilines is 2. The normalized spacial score (nSPS) is 25.3. The number of phenols is 1. The number of rotatable bonds is 5. The van der Waals surface area contributed by atoms with E-state index < -0.39 is 58.0 Å². The highest BCUT2D eigenvalue weighted by molar-refractivity contribution is 7.14. The number of aromatic nitrogens is 1. The Morgan fingerprint density at radius 3 is 2.50 bits per heavy atom. The highest BCUT2D eigenvalue weighted by atomic mass is 32.1. The first-order chi connectivity index (χ1) is 19.9. The molecule has 0 saturated carbocycles. The van der Waals surface area contributed by atoms with Crippen LogP contribution in [-0.2, 0) is 16.0 Å². The zero-order chi connectivity index (χ0) is 30.1. The van der Waals surface area contributed by atoms with Crippen molar-refractivity contribution in [1.82, 2.24) is 9.88 Å². The second-order valence-electron chi connectivity index (χ2n) is 11.0. The van der Waals surface area contributed by atoms with Crippen LogP contribution in [0, 0.1) is 11.8 Å². The molecule has 42 heavy (non-hydrogen) atoms. The number of aliphatic hydroxyl groups is 3. The SMILES string of the molecule is CN(C)[C@@H]1C(O)=C(C(N)=O)C(=O)[C@@]2(O)C(O)=C3C(=O)c4c(ccc(Nc5nc(-c6ccccc6)cs5)c4O)C[C@H]3C[C@@H]12. The fraction of sp³-hybridized carbons (Fsp3) is 0.267. The number of carbonyl (C=O) groups is 3.